The van der Waals surface area contributed by atoms with Crippen molar-refractivity contribution < 1.29 is 4.79 Å². The highest BCUT2D eigenvalue weighted by Gasteiger charge is 2.17. The van der Waals surface area contributed by atoms with E-state index in [0.717, 1.165) is 24.0 Å². The molecular weight excluding hydrogens is 430 g/mol. The molecule has 5 nitrogen and oxygen atoms in total. The summed E-state index contributed by atoms with van der Waals surface area (Å²) in [6.07, 6.45) is 6.07. The molecule has 2 aromatic heterocycles. The third kappa shape index (κ3) is 3.89. The number of hydrogen-bond donors (Lipinski definition) is 1. The molecule has 1 amide bonds. The highest BCUT2D eigenvalue weighted by atomic mass is 35.5. The van der Waals surface area contributed by atoms with E-state index in [0.29, 0.717) is 20.9 Å². The van der Waals surface area contributed by atoms with Crippen LogP contribution in [0.5, 0.6) is 0 Å². The second-order valence-electron chi connectivity index (χ2n) is 7.73. The number of fused-ring (bicyclic) bond motifs is 2. The van der Waals surface area contributed by atoms with E-state index in [1.54, 1.807) is 24.3 Å². The van der Waals surface area contributed by atoms with Crippen molar-refractivity contribution in [3.8, 4) is 11.1 Å². The number of carbonyl (C=O) groups excluding carboxylic acids is 1. The number of amides is 1. The van der Waals surface area contributed by atoms with Crippen LogP contribution < -0.4 is 10.9 Å². The number of aryl methyl sites for hydroxylation is 2. The topological polar surface area (TPSA) is 64.0 Å². The lowest BCUT2D eigenvalue weighted by Gasteiger charge is -2.16. The number of carbonyl (C=O) groups is 1. The zero-order valence-corrected chi connectivity index (χ0v) is 18.3. The summed E-state index contributed by atoms with van der Waals surface area (Å²) in [5.74, 6) is -0.332. The minimum Gasteiger partial charge on any atom is -0.323 e. The maximum atomic E-state index is 13.3. The summed E-state index contributed by atoms with van der Waals surface area (Å²) in [4.78, 5) is 30.9. The average molecular weight is 450 g/mol. The molecular formula is C24H20ClN3O2S. The molecule has 0 unspecified atom stereocenters. The van der Waals surface area contributed by atoms with E-state index < -0.39 is 0 Å². The Morgan fingerprint density at radius 2 is 1.94 bits per heavy atom. The van der Waals surface area contributed by atoms with Crippen molar-refractivity contribution >= 4 is 44.7 Å². The Morgan fingerprint density at radius 1 is 1.13 bits per heavy atom. The largest absolute Gasteiger partial charge is 0.323 e. The van der Waals surface area contributed by atoms with Crippen LogP contribution in [0.25, 0.3) is 21.3 Å². The Hall–Kier alpha value is -2.96. The van der Waals surface area contributed by atoms with Crippen LogP contribution in [0, 0.1) is 0 Å². The van der Waals surface area contributed by atoms with Gasteiger partial charge in [-0.2, -0.15) is 0 Å². The molecule has 5 rings (SSSR count). The van der Waals surface area contributed by atoms with Gasteiger partial charge in [0.2, 0.25) is 5.91 Å². The average Bonchev–Trinajstić information content (AvgIpc) is 3.22. The molecule has 2 heterocycles. The number of anilines is 1. The highest BCUT2D eigenvalue weighted by molar-refractivity contribution is 7.17. The Balaban J connectivity index is 1.48. The summed E-state index contributed by atoms with van der Waals surface area (Å²) < 4.78 is 1.35. The number of halogens is 1. The van der Waals surface area contributed by atoms with Gasteiger partial charge in [0.05, 0.1) is 22.4 Å². The van der Waals surface area contributed by atoms with Gasteiger partial charge in [-0.1, -0.05) is 41.9 Å². The Bertz CT molecular complexity index is 1360. The minimum absolute atomic E-state index is 0.132. The van der Waals surface area contributed by atoms with E-state index in [-0.39, 0.29) is 18.0 Å². The predicted molar refractivity (Wildman–Crippen MR) is 126 cm³/mol. The van der Waals surface area contributed by atoms with Gasteiger partial charge in [0, 0.05) is 10.9 Å². The quantitative estimate of drug-likeness (QED) is 0.460. The first-order valence-electron chi connectivity index (χ1n) is 10.2. The van der Waals surface area contributed by atoms with Crippen molar-refractivity contribution in [2.24, 2.45) is 0 Å². The number of aromatic nitrogens is 2. The predicted octanol–water partition coefficient (Wildman–Crippen LogP) is 5.30. The first-order chi connectivity index (χ1) is 15.1. The molecule has 0 saturated heterocycles. The molecule has 1 aliphatic carbocycles. The number of hydrogen-bond acceptors (Lipinski definition) is 4. The number of nitrogens with one attached hydrogen (secondary N) is 1. The Kier molecular flexibility index (Phi) is 5.34. The molecule has 156 valence electrons. The smallest absolute Gasteiger partial charge is 0.263 e. The van der Waals surface area contributed by atoms with Crippen molar-refractivity contribution in [2.45, 2.75) is 32.2 Å². The molecule has 0 saturated carbocycles. The lowest BCUT2D eigenvalue weighted by molar-refractivity contribution is -0.116. The van der Waals surface area contributed by atoms with Gasteiger partial charge in [-0.25, -0.2) is 4.98 Å². The molecule has 0 aliphatic heterocycles. The molecule has 0 atom stereocenters. The SMILES string of the molecule is O=C(Cn1cnc2scc(-c3ccc4c(c3)CCCC4)c2c1=O)Nc1ccccc1Cl. The van der Waals surface area contributed by atoms with Gasteiger partial charge in [0.15, 0.2) is 0 Å². The maximum absolute atomic E-state index is 13.3. The molecule has 0 bridgehead atoms. The van der Waals surface area contributed by atoms with Gasteiger partial charge in [0.25, 0.3) is 5.56 Å². The van der Waals surface area contributed by atoms with Gasteiger partial charge >= 0.3 is 0 Å². The summed E-state index contributed by atoms with van der Waals surface area (Å²) in [7, 11) is 0. The zero-order valence-electron chi connectivity index (χ0n) is 16.7. The van der Waals surface area contributed by atoms with E-state index in [2.05, 4.69) is 28.5 Å². The number of thiophene rings is 1. The van der Waals surface area contributed by atoms with Crippen molar-refractivity contribution in [2.75, 3.05) is 5.32 Å². The van der Waals surface area contributed by atoms with Crippen molar-refractivity contribution in [3.63, 3.8) is 0 Å². The van der Waals surface area contributed by atoms with Crippen molar-refractivity contribution in [1.82, 2.24) is 9.55 Å². The summed E-state index contributed by atoms with van der Waals surface area (Å²) in [6, 6.07) is 13.5. The molecule has 0 fully saturated rings. The van der Waals surface area contributed by atoms with Crippen LogP contribution in [-0.4, -0.2) is 15.5 Å². The van der Waals surface area contributed by atoms with Gasteiger partial charge in [-0.15, -0.1) is 11.3 Å². The summed E-state index contributed by atoms with van der Waals surface area (Å²) in [5, 5.41) is 5.75. The molecule has 4 aromatic rings. The second-order valence-corrected chi connectivity index (χ2v) is 8.99. The zero-order chi connectivity index (χ0) is 21.4. The van der Waals surface area contributed by atoms with Crippen LogP contribution in [0.4, 0.5) is 5.69 Å². The van der Waals surface area contributed by atoms with Crippen LogP contribution in [0.15, 0.2) is 59.0 Å². The fraction of sp³-hybridized carbons (Fsp3) is 0.208. The fourth-order valence-corrected chi connectivity index (χ4v) is 5.19. The van der Waals surface area contributed by atoms with Crippen LogP contribution in [0.3, 0.4) is 0 Å². The van der Waals surface area contributed by atoms with Gasteiger partial charge < -0.3 is 5.32 Å². The summed E-state index contributed by atoms with van der Waals surface area (Å²) in [6.45, 7) is -0.132. The van der Waals surface area contributed by atoms with Crippen LogP contribution in [0.1, 0.15) is 24.0 Å². The molecule has 1 N–H and O–H groups in total. The van der Waals surface area contributed by atoms with E-state index in [4.69, 9.17) is 11.6 Å². The minimum atomic E-state index is -0.332. The number of rotatable bonds is 4. The third-order valence-corrected chi connectivity index (χ3v) is 6.90. The van der Waals surface area contributed by atoms with Gasteiger partial charge in [-0.05, 0) is 54.5 Å². The standard InChI is InChI=1S/C24H20ClN3O2S/c25-19-7-3-4-8-20(19)27-21(29)12-28-14-26-23-22(24(28)30)18(13-31-23)17-10-9-15-5-1-2-6-16(15)11-17/h3-4,7-11,13-14H,1-2,5-6,12H2,(H,27,29). The third-order valence-electron chi connectivity index (χ3n) is 5.68. The van der Waals surface area contributed by atoms with Gasteiger partial charge in [0.1, 0.15) is 11.4 Å². The Labute approximate surface area is 188 Å². The normalized spacial score (nSPS) is 13.2. The lowest BCUT2D eigenvalue weighted by Crippen LogP contribution is -2.27. The number of benzene rings is 2. The van der Waals surface area contributed by atoms with E-state index in [9.17, 15) is 9.59 Å². The Morgan fingerprint density at radius 3 is 2.77 bits per heavy atom. The molecule has 7 heteroatoms. The van der Waals surface area contributed by atoms with Crippen molar-refractivity contribution in [3.05, 3.63) is 80.7 Å². The van der Waals surface area contributed by atoms with E-state index in [1.807, 2.05) is 5.38 Å². The molecule has 1 aliphatic rings. The van der Waals surface area contributed by atoms with Crippen molar-refractivity contribution in [1.29, 1.82) is 0 Å². The first-order valence-corrected chi connectivity index (χ1v) is 11.5. The molecule has 0 radical (unpaired) electrons. The number of nitrogens with zero attached hydrogens (tertiary/aromatic N) is 2. The second kappa shape index (κ2) is 8.29. The molecule has 2 aromatic carbocycles. The van der Waals surface area contributed by atoms with E-state index >= 15 is 0 Å². The van der Waals surface area contributed by atoms with Crippen LogP contribution >= 0.6 is 22.9 Å². The maximum Gasteiger partial charge on any atom is 0.263 e. The van der Waals surface area contributed by atoms with Crippen LogP contribution in [0.2, 0.25) is 5.02 Å². The number of para-hydroxylation sites is 1. The van der Waals surface area contributed by atoms with Gasteiger partial charge in [-0.3, -0.25) is 14.2 Å². The lowest BCUT2D eigenvalue weighted by atomic mass is 9.89. The van der Waals surface area contributed by atoms with E-state index in [1.165, 1.54) is 46.2 Å². The fourth-order valence-electron chi connectivity index (χ4n) is 4.10. The molecule has 31 heavy (non-hydrogen) atoms. The van der Waals surface area contributed by atoms with Crippen LogP contribution in [-0.2, 0) is 24.2 Å². The summed E-state index contributed by atoms with van der Waals surface area (Å²) in [5.41, 5.74) is 4.98. The first kappa shape index (κ1) is 20.0. The summed E-state index contributed by atoms with van der Waals surface area (Å²) >= 11 is 7.56. The highest BCUT2D eigenvalue weighted by Crippen LogP contribution is 2.33. The monoisotopic (exact) mass is 449 g/mol. The molecule has 0 spiro atoms.